The van der Waals surface area contributed by atoms with Crippen molar-refractivity contribution < 1.29 is 33.6 Å². The van der Waals surface area contributed by atoms with Crippen molar-refractivity contribution in [3.63, 3.8) is 0 Å². The summed E-state index contributed by atoms with van der Waals surface area (Å²) in [7, 11) is 3.81. The van der Waals surface area contributed by atoms with Gasteiger partial charge in [0, 0.05) is 19.8 Å². The summed E-state index contributed by atoms with van der Waals surface area (Å²) in [6.45, 7) is 1.99. The molecule has 2 unspecified atom stereocenters. The number of alkyl carbamates (subject to hydrolysis) is 1. The standard InChI is InChI=1S/C29H34N4O6S/c1-20-17-32(2)29(33(20)3)40-19-23(34)14-15-24(27(36)37)30-26(35)25(16-21-10-6-4-7-11-21)31-28(38)39-18-22-12-8-5-9-13-22/h4-13,17,24-25H,14-16,18-19H2,1-3H3,(H2-,30,31,35,36,37,38)/p+1. The maximum atomic E-state index is 13.2. The lowest BCUT2D eigenvalue weighted by Gasteiger charge is -2.21. The lowest BCUT2D eigenvalue weighted by atomic mass is 10.0. The normalized spacial score (nSPS) is 12.3. The third-order valence-electron chi connectivity index (χ3n) is 6.29. The fraction of sp³-hybridized carbons (Fsp3) is 0.345. The number of thioether (sulfide) groups is 1. The van der Waals surface area contributed by atoms with Crippen LogP contribution in [0.25, 0.3) is 0 Å². The van der Waals surface area contributed by atoms with Crippen LogP contribution in [-0.2, 0) is 46.2 Å². The highest BCUT2D eigenvalue weighted by molar-refractivity contribution is 7.99. The van der Waals surface area contributed by atoms with Crippen LogP contribution in [0, 0.1) is 6.92 Å². The molecular formula is C29H35N4O6S+. The number of ketones is 1. The first-order chi connectivity index (χ1) is 19.1. The largest absolute Gasteiger partial charge is 0.480 e. The second-order valence-corrected chi connectivity index (χ2v) is 10.4. The van der Waals surface area contributed by atoms with Gasteiger partial charge in [0.1, 0.15) is 36.4 Å². The van der Waals surface area contributed by atoms with Crippen molar-refractivity contribution in [1.82, 2.24) is 15.2 Å². The number of aliphatic carboxylic acids is 1. The highest BCUT2D eigenvalue weighted by atomic mass is 32.2. The first kappa shape index (κ1) is 30.4. The van der Waals surface area contributed by atoms with E-state index in [1.807, 2.05) is 60.6 Å². The van der Waals surface area contributed by atoms with E-state index in [1.54, 1.807) is 36.4 Å². The first-order valence-electron chi connectivity index (χ1n) is 12.8. The molecule has 0 fully saturated rings. The Kier molecular flexibility index (Phi) is 11.3. The van der Waals surface area contributed by atoms with Gasteiger partial charge in [-0.05, 0) is 29.3 Å². The van der Waals surface area contributed by atoms with Crippen molar-refractivity contribution in [1.29, 1.82) is 0 Å². The van der Waals surface area contributed by atoms with Crippen LogP contribution in [-0.4, -0.2) is 51.3 Å². The van der Waals surface area contributed by atoms with Gasteiger partial charge < -0.3 is 20.5 Å². The van der Waals surface area contributed by atoms with Crippen molar-refractivity contribution in [3.8, 4) is 0 Å². The quantitative estimate of drug-likeness (QED) is 0.202. The van der Waals surface area contributed by atoms with Crippen LogP contribution >= 0.6 is 11.8 Å². The second-order valence-electron chi connectivity index (χ2n) is 9.44. The number of carbonyl (C=O) groups is 4. The number of hydrogen-bond donors (Lipinski definition) is 3. The fourth-order valence-electron chi connectivity index (χ4n) is 4.03. The summed E-state index contributed by atoms with van der Waals surface area (Å²) < 4.78 is 9.17. The summed E-state index contributed by atoms with van der Waals surface area (Å²) in [6.07, 6.45) is 1.19. The van der Waals surface area contributed by atoms with Gasteiger partial charge in [-0.15, -0.1) is 0 Å². The summed E-state index contributed by atoms with van der Waals surface area (Å²) in [5.41, 5.74) is 2.61. The molecule has 40 heavy (non-hydrogen) atoms. The van der Waals surface area contributed by atoms with Crippen LogP contribution in [0.2, 0.25) is 0 Å². The van der Waals surface area contributed by atoms with E-state index in [9.17, 15) is 24.3 Å². The van der Waals surface area contributed by atoms with Crippen LogP contribution in [0.1, 0.15) is 29.7 Å². The Bertz CT molecular complexity index is 1310. The van der Waals surface area contributed by atoms with E-state index in [1.165, 1.54) is 11.8 Å². The predicted molar refractivity (Wildman–Crippen MR) is 150 cm³/mol. The minimum Gasteiger partial charge on any atom is -0.480 e. The van der Waals surface area contributed by atoms with E-state index in [-0.39, 0.29) is 37.4 Å². The number of nitrogens with one attached hydrogen (secondary N) is 2. The monoisotopic (exact) mass is 567 g/mol. The Balaban J connectivity index is 1.59. The number of aromatic nitrogens is 2. The average molecular weight is 568 g/mol. The highest BCUT2D eigenvalue weighted by Gasteiger charge is 2.28. The summed E-state index contributed by atoms with van der Waals surface area (Å²) in [6, 6.07) is 15.8. The smallest absolute Gasteiger partial charge is 0.408 e. The number of imidazole rings is 1. The van der Waals surface area contributed by atoms with Gasteiger partial charge in [-0.25, -0.2) is 18.7 Å². The van der Waals surface area contributed by atoms with Gasteiger partial charge in [-0.1, -0.05) is 60.7 Å². The molecule has 1 heterocycles. The number of rotatable bonds is 14. The molecule has 2 atom stereocenters. The van der Waals surface area contributed by atoms with Gasteiger partial charge in [-0.3, -0.25) is 9.59 Å². The first-order valence-corrected chi connectivity index (χ1v) is 13.8. The molecule has 3 N–H and O–H groups in total. The van der Waals surface area contributed by atoms with Gasteiger partial charge >= 0.3 is 17.2 Å². The van der Waals surface area contributed by atoms with Crippen molar-refractivity contribution in [2.24, 2.45) is 14.1 Å². The van der Waals surface area contributed by atoms with E-state index >= 15 is 0 Å². The van der Waals surface area contributed by atoms with Crippen molar-refractivity contribution in [2.75, 3.05) is 5.75 Å². The number of carboxylic acids is 1. The molecule has 0 saturated heterocycles. The van der Waals surface area contributed by atoms with Crippen molar-refractivity contribution in [3.05, 3.63) is 83.7 Å². The number of Topliss-reactive ketones (excluding diaryl/α,β-unsaturated/α-hetero) is 1. The molecule has 0 bridgehead atoms. The number of nitrogens with zero attached hydrogens (tertiary/aromatic N) is 2. The van der Waals surface area contributed by atoms with Gasteiger partial charge in [0.2, 0.25) is 5.91 Å². The number of carbonyl (C=O) groups excluding carboxylic acids is 3. The number of benzene rings is 2. The van der Waals surface area contributed by atoms with Crippen LogP contribution in [0.4, 0.5) is 4.79 Å². The molecule has 0 aliphatic heterocycles. The maximum absolute atomic E-state index is 13.2. The van der Waals surface area contributed by atoms with E-state index < -0.39 is 30.1 Å². The number of hydrogen-bond acceptors (Lipinski definition) is 6. The molecule has 212 valence electrons. The lowest BCUT2D eigenvalue weighted by Crippen LogP contribution is -2.52. The number of amides is 2. The summed E-state index contributed by atoms with van der Waals surface area (Å²) in [5.74, 6) is -1.89. The molecule has 0 spiro atoms. The number of aryl methyl sites for hydroxylation is 2. The Hall–Kier alpha value is -4.12. The summed E-state index contributed by atoms with van der Waals surface area (Å²) >= 11 is 1.37. The molecule has 0 saturated carbocycles. The van der Waals surface area contributed by atoms with E-state index in [0.717, 1.165) is 22.0 Å². The Labute approximate surface area is 237 Å². The average Bonchev–Trinajstić information content (AvgIpc) is 3.18. The zero-order chi connectivity index (χ0) is 29.1. The maximum Gasteiger partial charge on any atom is 0.408 e. The molecule has 10 nitrogen and oxygen atoms in total. The van der Waals surface area contributed by atoms with E-state index in [4.69, 9.17) is 4.74 Å². The number of carboxylic acid groups (broad SMARTS) is 1. The zero-order valence-corrected chi connectivity index (χ0v) is 23.6. The fourth-order valence-corrected chi connectivity index (χ4v) is 5.05. The van der Waals surface area contributed by atoms with Gasteiger partial charge in [0.25, 0.3) is 0 Å². The molecule has 0 aliphatic carbocycles. The van der Waals surface area contributed by atoms with Gasteiger partial charge in [0.05, 0.1) is 19.8 Å². The minimum absolute atomic E-state index is 0.0184. The molecular weight excluding hydrogens is 532 g/mol. The summed E-state index contributed by atoms with van der Waals surface area (Å²) in [5, 5.41) is 15.7. The van der Waals surface area contributed by atoms with Gasteiger partial charge in [-0.2, -0.15) is 0 Å². The Morgan fingerprint density at radius 2 is 1.60 bits per heavy atom. The van der Waals surface area contributed by atoms with Crippen molar-refractivity contribution >= 4 is 35.5 Å². The van der Waals surface area contributed by atoms with Crippen LogP contribution in [0.15, 0.2) is 72.0 Å². The Morgan fingerprint density at radius 1 is 0.975 bits per heavy atom. The van der Waals surface area contributed by atoms with Crippen molar-refractivity contribution in [2.45, 2.75) is 50.0 Å². The summed E-state index contributed by atoms with van der Waals surface area (Å²) in [4.78, 5) is 50.2. The molecule has 0 aliphatic rings. The van der Waals surface area contributed by atoms with Gasteiger partial charge in [0.15, 0.2) is 0 Å². The SMILES string of the molecule is Cc1c[n+](C)c(SCC(=O)CCC(NC(=O)C(Cc2ccccc2)NC(=O)OCc2ccccc2)C(=O)O)n1C. The molecule has 2 aromatic carbocycles. The molecule has 1 aromatic heterocycles. The molecule has 3 rings (SSSR count). The Morgan fingerprint density at radius 3 is 2.17 bits per heavy atom. The second kappa shape index (κ2) is 14.9. The molecule has 2 amide bonds. The van der Waals surface area contributed by atoms with Crippen LogP contribution in [0.5, 0.6) is 0 Å². The lowest BCUT2D eigenvalue weighted by molar-refractivity contribution is -0.709. The number of ether oxygens (including phenoxy) is 1. The third kappa shape index (κ3) is 9.26. The topological polar surface area (TPSA) is 131 Å². The molecule has 0 radical (unpaired) electrons. The third-order valence-corrected chi connectivity index (χ3v) is 7.58. The highest BCUT2D eigenvalue weighted by Crippen LogP contribution is 2.16. The molecule has 11 heteroatoms. The van der Waals surface area contributed by atoms with Crippen LogP contribution < -0.4 is 15.2 Å². The zero-order valence-electron chi connectivity index (χ0n) is 22.8. The minimum atomic E-state index is -1.30. The predicted octanol–water partition coefficient (Wildman–Crippen LogP) is 2.71. The van der Waals surface area contributed by atoms with E-state index in [0.29, 0.717) is 0 Å². The molecule has 3 aromatic rings. The van der Waals surface area contributed by atoms with Crippen LogP contribution in [0.3, 0.4) is 0 Å². The van der Waals surface area contributed by atoms with E-state index in [2.05, 4.69) is 10.6 Å².